The van der Waals surface area contributed by atoms with E-state index >= 15 is 0 Å². The van der Waals surface area contributed by atoms with Crippen LogP contribution in [-0.4, -0.2) is 23.5 Å². The highest BCUT2D eigenvalue weighted by Crippen LogP contribution is 2.46. The summed E-state index contributed by atoms with van der Waals surface area (Å²) in [5.74, 6) is 1.28. The minimum Gasteiger partial charge on any atom is -0.327 e. The predicted octanol–water partition coefficient (Wildman–Crippen LogP) is -0.231. The number of hydrogen-bond acceptors (Lipinski definition) is 2. The third-order valence-electron chi connectivity index (χ3n) is 2.45. The molecule has 0 bridgehead atoms. The van der Waals surface area contributed by atoms with Gasteiger partial charge in [0.1, 0.15) is 0 Å². The van der Waals surface area contributed by atoms with Gasteiger partial charge in [0.25, 0.3) is 0 Å². The molecule has 0 aromatic rings. The molecule has 2 fully saturated rings. The van der Waals surface area contributed by atoms with Crippen LogP contribution in [0.1, 0.15) is 13.3 Å². The molecule has 1 amide bonds. The van der Waals surface area contributed by atoms with Crippen molar-refractivity contribution in [1.29, 1.82) is 0 Å². The van der Waals surface area contributed by atoms with Crippen molar-refractivity contribution in [3.8, 4) is 0 Å². The van der Waals surface area contributed by atoms with Crippen molar-refractivity contribution in [2.75, 3.05) is 6.54 Å². The first-order chi connectivity index (χ1) is 4.70. The highest BCUT2D eigenvalue weighted by Gasteiger charge is 2.52. The van der Waals surface area contributed by atoms with Gasteiger partial charge in [0, 0.05) is 12.5 Å². The van der Waals surface area contributed by atoms with Crippen LogP contribution in [0.2, 0.25) is 0 Å². The molecule has 10 heavy (non-hydrogen) atoms. The summed E-state index contributed by atoms with van der Waals surface area (Å²) in [6.07, 6.45) is 1.03. The SMILES string of the molecule is CC(N)N1CC2CC2C1=O. The molecule has 0 aromatic heterocycles. The fourth-order valence-electron chi connectivity index (χ4n) is 1.67. The van der Waals surface area contributed by atoms with Gasteiger partial charge >= 0.3 is 0 Å². The van der Waals surface area contributed by atoms with Gasteiger partial charge in [-0.05, 0) is 19.3 Å². The number of nitrogens with two attached hydrogens (primary N) is 1. The number of piperidine rings is 1. The number of rotatable bonds is 1. The predicted molar refractivity (Wildman–Crippen MR) is 37.0 cm³/mol. The van der Waals surface area contributed by atoms with Crippen molar-refractivity contribution in [3.63, 3.8) is 0 Å². The molecule has 1 heterocycles. The Hall–Kier alpha value is -0.570. The van der Waals surface area contributed by atoms with Crippen LogP contribution in [-0.2, 0) is 4.79 Å². The molecule has 2 rings (SSSR count). The topological polar surface area (TPSA) is 46.3 Å². The van der Waals surface area contributed by atoms with E-state index in [-0.39, 0.29) is 12.1 Å². The van der Waals surface area contributed by atoms with E-state index in [0.29, 0.717) is 11.8 Å². The monoisotopic (exact) mass is 140 g/mol. The molecule has 1 aliphatic carbocycles. The standard InChI is InChI=1S/C7H12N2O/c1-4(8)9-3-5-2-6(5)7(9)10/h4-6H,2-3,8H2,1H3. The van der Waals surface area contributed by atoms with E-state index in [1.54, 1.807) is 4.90 Å². The molecule has 0 spiro atoms. The van der Waals surface area contributed by atoms with E-state index in [0.717, 1.165) is 13.0 Å². The summed E-state index contributed by atoms with van der Waals surface area (Å²) in [7, 11) is 0. The van der Waals surface area contributed by atoms with Gasteiger partial charge in [0.05, 0.1) is 6.17 Å². The second kappa shape index (κ2) is 1.72. The lowest BCUT2D eigenvalue weighted by Crippen LogP contribution is -2.42. The molecular weight excluding hydrogens is 128 g/mol. The number of carbonyl (C=O) groups is 1. The van der Waals surface area contributed by atoms with Gasteiger partial charge in [-0.3, -0.25) is 4.79 Å². The molecule has 0 aromatic carbocycles. The molecular formula is C7H12N2O. The molecule has 2 N–H and O–H groups in total. The number of carbonyl (C=O) groups excluding carboxylic acids is 1. The zero-order chi connectivity index (χ0) is 7.30. The van der Waals surface area contributed by atoms with E-state index in [9.17, 15) is 4.79 Å². The van der Waals surface area contributed by atoms with Crippen LogP contribution in [0.5, 0.6) is 0 Å². The maximum Gasteiger partial charge on any atom is 0.227 e. The molecule has 1 aliphatic heterocycles. The van der Waals surface area contributed by atoms with Crippen LogP contribution in [0.4, 0.5) is 0 Å². The Labute approximate surface area is 60.2 Å². The molecule has 1 saturated carbocycles. The smallest absolute Gasteiger partial charge is 0.227 e. The van der Waals surface area contributed by atoms with Crippen molar-refractivity contribution >= 4 is 5.91 Å². The Bertz CT molecular complexity index is 178. The van der Waals surface area contributed by atoms with Crippen molar-refractivity contribution < 1.29 is 4.79 Å². The summed E-state index contributed by atoms with van der Waals surface area (Å²) in [5, 5.41) is 0. The average Bonchev–Trinajstić information content (AvgIpc) is 2.54. The summed E-state index contributed by atoms with van der Waals surface area (Å²) >= 11 is 0. The van der Waals surface area contributed by atoms with Gasteiger partial charge in [0.2, 0.25) is 5.91 Å². The molecule has 3 heteroatoms. The zero-order valence-electron chi connectivity index (χ0n) is 6.08. The Balaban J connectivity index is 2.07. The average molecular weight is 140 g/mol. The van der Waals surface area contributed by atoms with Gasteiger partial charge in [-0.25, -0.2) is 0 Å². The van der Waals surface area contributed by atoms with E-state index in [1.807, 2.05) is 6.92 Å². The summed E-state index contributed by atoms with van der Waals surface area (Å²) in [6, 6.07) is 0. The molecule has 1 saturated heterocycles. The number of likely N-dealkylation sites (tertiary alicyclic amines) is 1. The summed E-state index contributed by atoms with van der Waals surface area (Å²) in [6.45, 7) is 2.77. The molecule has 3 unspecified atom stereocenters. The lowest BCUT2D eigenvalue weighted by molar-refractivity contribution is -0.131. The maximum atomic E-state index is 11.2. The Morgan fingerprint density at radius 2 is 2.50 bits per heavy atom. The van der Waals surface area contributed by atoms with Crippen molar-refractivity contribution in [1.82, 2.24) is 4.90 Å². The molecule has 2 aliphatic rings. The first kappa shape index (κ1) is 6.16. The summed E-state index contributed by atoms with van der Waals surface area (Å²) in [5.41, 5.74) is 5.58. The van der Waals surface area contributed by atoms with Crippen LogP contribution in [0.3, 0.4) is 0 Å². The van der Waals surface area contributed by atoms with Gasteiger partial charge in [-0.2, -0.15) is 0 Å². The first-order valence-corrected chi connectivity index (χ1v) is 3.76. The normalized spacial score (nSPS) is 39.8. The van der Waals surface area contributed by atoms with Crippen LogP contribution in [0.25, 0.3) is 0 Å². The number of nitrogens with zero attached hydrogens (tertiary/aromatic N) is 1. The van der Waals surface area contributed by atoms with Crippen molar-refractivity contribution in [2.24, 2.45) is 17.6 Å². The Morgan fingerprint density at radius 1 is 1.80 bits per heavy atom. The van der Waals surface area contributed by atoms with E-state index in [2.05, 4.69) is 0 Å². The number of fused-ring (bicyclic) bond motifs is 1. The van der Waals surface area contributed by atoms with Crippen LogP contribution in [0, 0.1) is 11.8 Å². The fraction of sp³-hybridized carbons (Fsp3) is 0.857. The quantitative estimate of drug-likeness (QED) is 0.547. The number of hydrogen-bond donors (Lipinski definition) is 1. The molecule has 3 atom stereocenters. The van der Waals surface area contributed by atoms with Crippen molar-refractivity contribution in [3.05, 3.63) is 0 Å². The van der Waals surface area contributed by atoms with Gasteiger partial charge in [0.15, 0.2) is 0 Å². The van der Waals surface area contributed by atoms with Gasteiger partial charge < -0.3 is 10.6 Å². The zero-order valence-corrected chi connectivity index (χ0v) is 6.08. The lowest BCUT2D eigenvalue weighted by Gasteiger charge is -2.21. The maximum absolute atomic E-state index is 11.2. The minimum atomic E-state index is -0.0831. The lowest BCUT2D eigenvalue weighted by atomic mass is 10.4. The fourth-order valence-corrected chi connectivity index (χ4v) is 1.67. The second-order valence-electron chi connectivity index (χ2n) is 3.33. The minimum absolute atomic E-state index is 0.0831. The molecule has 56 valence electrons. The van der Waals surface area contributed by atoms with Gasteiger partial charge in [-0.1, -0.05) is 0 Å². The summed E-state index contributed by atoms with van der Waals surface area (Å²) in [4.78, 5) is 13.0. The van der Waals surface area contributed by atoms with E-state index in [4.69, 9.17) is 5.73 Å². The Kier molecular flexibility index (Phi) is 1.06. The van der Waals surface area contributed by atoms with Crippen LogP contribution >= 0.6 is 0 Å². The van der Waals surface area contributed by atoms with Crippen LogP contribution in [0.15, 0.2) is 0 Å². The third-order valence-corrected chi connectivity index (χ3v) is 2.45. The highest BCUT2D eigenvalue weighted by molar-refractivity contribution is 5.84. The van der Waals surface area contributed by atoms with E-state index < -0.39 is 0 Å². The largest absolute Gasteiger partial charge is 0.327 e. The van der Waals surface area contributed by atoms with Gasteiger partial charge in [-0.15, -0.1) is 0 Å². The molecule has 0 radical (unpaired) electrons. The third kappa shape index (κ3) is 0.669. The number of amides is 1. The first-order valence-electron chi connectivity index (χ1n) is 3.76. The van der Waals surface area contributed by atoms with Crippen molar-refractivity contribution in [2.45, 2.75) is 19.5 Å². The highest BCUT2D eigenvalue weighted by atomic mass is 16.2. The Morgan fingerprint density at radius 3 is 2.80 bits per heavy atom. The molecule has 3 nitrogen and oxygen atoms in total. The van der Waals surface area contributed by atoms with E-state index in [1.165, 1.54) is 0 Å². The second-order valence-corrected chi connectivity index (χ2v) is 3.33. The van der Waals surface area contributed by atoms with Crippen LogP contribution < -0.4 is 5.73 Å². The summed E-state index contributed by atoms with van der Waals surface area (Å²) < 4.78 is 0.